The predicted molar refractivity (Wildman–Crippen MR) is 74.9 cm³/mol. The van der Waals surface area contributed by atoms with Crippen LogP contribution in [0.25, 0.3) is 0 Å². The van der Waals surface area contributed by atoms with Crippen LogP contribution in [-0.2, 0) is 6.42 Å². The lowest BCUT2D eigenvalue weighted by molar-refractivity contribution is 0.739. The van der Waals surface area contributed by atoms with E-state index in [0.29, 0.717) is 11.2 Å². The second-order valence-corrected chi connectivity index (χ2v) is 4.57. The smallest absolute Gasteiger partial charge is 0.170 e. The third kappa shape index (κ3) is 4.19. The molecule has 0 aromatic heterocycles. The number of nitrogens with one attached hydrogen (secondary N) is 2. The van der Waals surface area contributed by atoms with Gasteiger partial charge in [0, 0.05) is 11.7 Å². The lowest BCUT2D eigenvalue weighted by atomic mass is 10.1. The highest BCUT2D eigenvalue weighted by Gasteiger charge is 2.03. The molecule has 1 rings (SSSR count). The van der Waals surface area contributed by atoms with E-state index in [1.807, 2.05) is 6.07 Å². The van der Waals surface area contributed by atoms with E-state index in [4.69, 9.17) is 12.2 Å². The van der Waals surface area contributed by atoms with Gasteiger partial charge in [-0.3, -0.25) is 0 Å². The summed E-state index contributed by atoms with van der Waals surface area (Å²) in [6, 6.07) is 8.66. The SMILES string of the molecule is CCCc1ccccc1NC(=S)NC(C)C. The van der Waals surface area contributed by atoms with Crippen LogP contribution in [0.1, 0.15) is 32.8 Å². The first kappa shape index (κ1) is 13.0. The predicted octanol–water partition coefficient (Wildman–Crippen LogP) is 3.33. The van der Waals surface area contributed by atoms with Gasteiger partial charge in [0.25, 0.3) is 0 Å². The summed E-state index contributed by atoms with van der Waals surface area (Å²) in [5.41, 5.74) is 2.43. The van der Waals surface area contributed by atoms with Crippen molar-refractivity contribution in [1.29, 1.82) is 0 Å². The molecule has 0 amide bonds. The molecule has 0 saturated heterocycles. The summed E-state index contributed by atoms with van der Waals surface area (Å²) in [6.07, 6.45) is 2.22. The fourth-order valence-corrected chi connectivity index (χ4v) is 1.90. The topological polar surface area (TPSA) is 24.1 Å². The zero-order chi connectivity index (χ0) is 12.0. The monoisotopic (exact) mass is 236 g/mol. The van der Waals surface area contributed by atoms with E-state index in [-0.39, 0.29) is 0 Å². The number of anilines is 1. The summed E-state index contributed by atoms with van der Waals surface area (Å²) in [6.45, 7) is 6.33. The number of para-hydroxylation sites is 1. The molecule has 2 nitrogen and oxygen atoms in total. The first-order valence-corrected chi connectivity index (χ1v) is 6.19. The first-order chi connectivity index (χ1) is 7.63. The van der Waals surface area contributed by atoms with Gasteiger partial charge >= 0.3 is 0 Å². The molecule has 0 bridgehead atoms. The van der Waals surface area contributed by atoms with E-state index in [2.05, 4.69) is 49.6 Å². The molecule has 0 spiro atoms. The fraction of sp³-hybridized carbons (Fsp3) is 0.462. The zero-order valence-corrected chi connectivity index (χ0v) is 11.0. The third-order valence-corrected chi connectivity index (χ3v) is 2.42. The molecular weight excluding hydrogens is 216 g/mol. The lowest BCUT2D eigenvalue weighted by Gasteiger charge is -2.15. The van der Waals surface area contributed by atoms with E-state index in [0.717, 1.165) is 18.5 Å². The summed E-state index contributed by atoms with van der Waals surface area (Å²) < 4.78 is 0. The van der Waals surface area contributed by atoms with Crippen molar-refractivity contribution in [3.8, 4) is 0 Å². The average molecular weight is 236 g/mol. The van der Waals surface area contributed by atoms with Crippen LogP contribution in [0, 0.1) is 0 Å². The molecule has 0 atom stereocenters. The van der Waals surface area contributed by atoms with Crippen molar-refractivity contribution in [2.24, 2.45) is 0 Å². The van der Waals surface area contributed by atoms with Crippen LogP contribution in [0.4, 0.5) is 5.69 Å². The molecule has 2 N–H and O–H groups in total. The summed E-state index contributed by atoms with van der Waals surface area (Å²) in [5.74, 6) is 0. The number of hydrogen-bond acceptors (Lipinski definition) is 1. The van der Waals surface area contributed by atoms with Crippen LogP contribution < -0.4 is 10.6 Å². The molecule has 88 valence electrons. The van der Waals surface area contributed by atoms with Gasteiger partial charge in [-0.25, -0.2) is 0 Å². The number of thiocarbonyl (C=S) groups is 1. The Labute approximate surface area is 103 Å². The summed E-state index contributed by atoms with van der Waals surface area (Å²) in [7, 11) is 0. The second kappa shape index (κ2) is 6.48. The Hall–Kier alpha value is -1.09. The molecule has 0 aliphatic carbocycles. The van der Waals surface area contributed by atoms with Crippen molar-refractivity contribution in [3.05, 3.63) is 29.8 Å². The molecule has 1 aromatic rings. The second-order valence-electron chi connectivity index (χ2n) is 4.16. The molecule has 0 radical (unpaired) electrons. The Kier molecular flexibility index (Phi) is 5.26. The van der Waals surface area contributed by atoms with E-state index < -0.39 is 0 Å². The van der Waals surface area contributed by atoms with E-state index in [9.17, 15) is 0 Å². The van der Waals surface area contributed by atoms with Gasteiger partial charge in [-0.1, -0.05) is 31.5 Å². The van der Waals surface area contributed by atoms with Crippen LogP contribution in [0.15, 0.2) is 24.3 Å². The number of hydrogen-bond donors (Lipinski definition) is 2. The molecule has 0 heterocycles. The minimum Gasteiger partial charge on any atom is -0.360 e. The molecule has 1 aromatic carbocycles. The zero-order valence-electron chi connectivity index (χ0n) is 10.2. The molecule has 16 heavy (non-hydrogen) atoms. The van der Waals surface area contributed by atoms with Crippen LogP contribution in [0.5, 0.6) is 0 Å². The van der Waals surface area contributed by atoms with Gasteiger partial charge in [0.1, 0.15) is 0 Å². The highest BCUT2D eigenvalue weighted by Crippen LogP contribution is 2.16. The number of benzene rings is 1. The van der Waals surface area contributed by atoms with Gasteiger partial charge in [0.15, 0.2) is 5.11 Å². The maximum absolute atomic E-state index is 5.23. The molecule has 0 aliphatic heterocycles. The lowest BCUT2D eigenvalue weighted by Crippen LogP contribution is -2.34. The van der Waals surface area contributed by atoms with Gasteiger partial charge in [-0.15, -0.1) is 0 Å². The summed E-state index contributed by atoms with van der Waals surface area (Å²) in [5, 5.41) is 7.12. The van der Waals surface area contributed by atoms with Gasteiger partial charge in [0.05, 0.1) is 0 Å². The molecular formula is C13H20N2S. The van der Waals surface area contributed by atoms with Crippen LogP contribution in [0.3, 0.4) is 0 Å². The van der Waals surface area contributed by atoms with E-state index in [1.54, 1.807) is 0 Å². The Morgan fingerprint density at radius 3 is 2.62 bits per heavy atom. The van der Waals surface area contributed by atoms with Crippen molar-refractivity contribution >= 4 is 23.0 Å². The van der Waals surface area contributed by atoms with Gasteiger partial charge < -0.3 is 10.6 Å². The normalized spacial score (nSPS) is 10.2. The molecule has 0 aliphatic rings. The highest BCUT2D eigenvalue weighted by molar-refractivity contribution is 7.80. The first-order valence-electron chi connectivity index (χ1n) is 5.79. The Morgan fingerprint density at radius 1 is 1.31 bits per heavy atom. The van der Waals surface area contributed by atoms with Crippen molar-refractivity contribution in [1.82, 2.24) is 5.32 Å². The van der Waals surface area contributed by atoms with Crippen molar-refractivity contribution < 1.29 is 0 Å². The quantitative estimate of drug-likeness (QED) is 0.784. The maximum Gasteiger partial charge on any atom is 0.170 e. The van der Waals surface area contributed by atoms with Gasteiger partial charge in [0.2, 0.25) is 0 Å². The fourth-order valence-electron chi connectivity index (χ4n) is 1.55. The minimum absolute atomic E-state index is 0.360. The standard InChI is InChI=1S/C13H20N2S/c1-4-7-11-8-5-6-9-12(11)15-13(16)14-10(2)3/h5-6,8-10H,4,7H2,1-3H3,(H2,14,15,16). The Morgan fingerprint density at radius 2 is 2.00 bits per heavy atom. The van der Waals surface area contributed by atoms with Gasteiger partial charge in [-0.2, -0.15) is 0 Å². The third-order valence-electron chi connectivity index (χ3n) is 2.20. The number of aryl methyl sites for hydroxylation is 1. The summed E-state index contributed by atoms with van der Waals surface area (Å²) in [4.78, 5) is 0. The Balaban J connectivity index is 2.68. The molecule has 0 saturated carbocycles. The minimum atomic E-state index is 0.360. The highest BCUT2D eigenvalue weighted by atomic mass is 32.1. The van der Waals surface area contributed by atoms with Crippen molar-refractivity contribution in [2.45, 2.75) is 39.7 Å². The van der Waals surface area contributed by atoms with Gasteiger partial charge in [-0.05, 0) is 44.1 Å². The molecule has 0 unspecified atom stereocenters. The molecule has 3 heteroatoms. The average Bonchev–Trinajstić information content (AvgIpc) is 2.20. The van der Waals surface area contributed by atoms with E-state index >= 15 is 0 Å². The summed E-state index contributed by atoms with van der Waals surface area (Å²) >= 11 is 5.23. The van der Waals surface area contributed by atoms with Crippen LogP contribution in [-0.4, -0.2) is 11.2 Å². The van der Waals surface area contributed by atoms with Crippen molar-refractivity contribution in [2.75, 3.05) is 5.32 Å². The largest absolute Gasteiger partial charge is 0.360 e. The Bertz CT molecular complexity index is 348. The van der Waals surface area contributed by atoms with Crippen LogP contribution >= 0.6 is 12.2 Å². The molecule has 0 fully saturated rings. The van der Waals surface area contributed by atoms with Crippen molar-refractivity contribution in [3.63, 3.8) is 0 Å². The maximum atomic E-state index is 5.23. The number of rotatable bonds is 4. The van der Waals surface area contributed by atoms with E-state index in [1.165, 1.54) is 5.56 Å². The van der Waals surface area contributed by atoms with Crippen LogP contribution in [0.2, 0.25) is 0 Å².